The molecule has 0 bridgehead atoms. The first kappa shape index (κ1) is 17.8. The average molecular weight is 379 g/mol. The number of anilines is 1. The monoisotopic (exact) mass is 379 g/mol. The number of rotatable bonds is 4. The van der Waals surface area contributed by atoms with Gasteiger partial charge in [0.1, 0.15) is 11.3 Å². The Hall–Kier alpha value is -2.63. The van der Waals surface area contributed by atoms with E-state index in [1.807, 2.05) is 67.6 Å². The number of sulfone groups is 1. The highest BCUT2D eigenvalue weighted by Gasteiger charge is 2.45. The smallest absolute Gasteiger partial charge is 0.186 e. The minimum absolute atomic E-state index is 0.116. The molecule has 1 heterocycles. The van der Waals surface area contributed by atoms with Crippen molar-refractivity contribution in [3.63, 3.8) is 0 Å². The van der Waals surface area contributed by atoms with E-state index < -0.39 is 21.1 Å². The second kappa shape index (κ2) is 7.18. The third-order valence-electron chi connectivity index (χ3n) is 4.88. The van der Waals surface area contributed by atoms with Gasteiger partial charge in [0.15, 0.2) is 9.84 Å². The van der Waals surface area contributed by atoms with Crippen LogP contribution in [0.25, 0.3) is 0 Å². The van der Waals surface area contributed by atoms with Crippen LogP contribution in [0.4, 0.5) is 5.69 Å². The molecule has 3 aromatic rings. The lowest BCUT2D eigenvalue weighted by Crippen LogP contribution is -2.32. The van der Waals surface area contributed by atoms with Crippen LogP contribution < -0.4 is 5.06 Å². The largest absolute Gasteiger partial charge is 0.271 e. The zero-order valence-electron chi connectivity index (χ0n) is 15.0. The Balaban J connectivity index is 1.79. The number of hydrogen-bond acceptors (Lipinski definition) is 4. The van der Waals surface area contributed by atoms with Crippen LogP contribution in [0.15, 0.2) is 89.8 Å². The van der Waals surface area contributed by atoms with E-state index in [-0.39, 0.29) is 6.61 Å². The molecule has 0 spiro atoms. The van der Waals surface area contributed by atoms with E-state index >= 15 is 0 Å². The van der Waals surface area contributed by atoms with Gasteiger partial charge in [-0.1, -0.05) is 66.2 Å². The molecule has 0 amide bonds. The Morgan fingerprint density at radius 1 is 0.852 bits per heavy atom. The van der Waals surface area contributed by atoms with E-state index in [0.29, 0.717) is 4.90 Å². The summed E-state index contributed by atoms with van der Waals surface area (Å²) in [6, 6.07) is 25.8. The maximum atomic E-state index is 13.3. The molecule has 27 heavy (non-hydrogen) atoms. The van der Waals surface area contributed by atoms with E-state index in [2.05, 4.69) is 0 Å². The lowest BCUT2D eigenvalue weighted by Gasteiger charge is -2.27. The summed E-state index contributed by atoms with van der Waals surface area (Å²) in [7, 11) is -3.55. The fraction of sp³-hybridized carbons (Fsp3) is 0.182. The molecule has 0 aliphatic carbocycles. The maximum Gasteiger partial charge on any atom is 0.186 e. The molecule has 5 heteroatoms. The third-order valence-corrected chi connectivity index (χ3v) is 7.00. The third kappa shape index (κ3) is 3.36. The van der Waals surface area contributed by atoms with Crippen LogP contribution >= 0.6 is 0 Å². The molecule has 1 aliphatic rings. The van der Waals surface area contributed by atoms with Crippen LogP contribution in [0.3, 0.4) is 0 Å². The van der Waals surface area contributed by atoms with Gasteiger partial charge in [0, 0.05) is 0 Å². The van der Waals surface area contributed by atoms with E-state index in [0.717, 1.165) is 16.8 Å². The van der Waals surface area contributed by atoms with Gasteiger partial charge in [0.2, 0.25) is 0 Å². The highest BCUT2D eigenvalue weighted by Crippen LogP contribution is 2.40. The molecule has 0 N–H and O–H groups in total. The summed E-state index contributed by atoms with van der Waals surface area (Å²) in [6.07, 6.45) is 0. The van der Waals surface area contributed by atoms with E-state index in [1.165, 1.54) is 0 Å². The van der Waals surface area contributed by atoms with E-state index in [9.17, 15) is 8.42 Å². The molecule has 4 nitrogen and oxygen atoms in total. The first-order chi connectivity index (χ1) is 13.1. The van der Waals surface area contributed by atoms with Gasteiger partial charge in [0.25, 0.3) is 0 Å². The molecule has 0 saturated carbocycles. The van der Waals surface area contributed by atoms with Gasteiger partial charge >= 0.3 is 0 Å². The van der Waals surface area contributed by atoms with Crippen molar-refractivity contribution < 1.29 is 13.3 Å². The number of hydrogen-bond donors (Lipinski definition) is 0. The lowest BCUT2D eigenvalue weighted by molar-refractivity contribution is 0.159. The molecule has 3 aromatic carbocycles. The van der Waals surface area contributed by atoms with Crippen LogP contribution in [0.1, 0.15) is 17.2 Å². The van der Waals surface area contributed by atoms with Crippen molar-refractivity contribution in [3.05, 3.63) is 96.1 Å². The predicted molar refractivity (Wildman–Crippen MR) is 106 cm³/mol. The van der Waals surface area contributed by atoms with Crippen molar-refractivity contribution in [3.8, 4) is 0 Å². The van der Waals surface area contributed by atoms with E-state index in [1.54, 1.807) is 29.3 Å². The second-order valence-electron chi connectivity index (χ2n) is 6.71. The van der Waals surface area contributed by atoms with Gasteiger partial charge in [-0.2, -0.15) is 0 Å². The first-order valence-corrected chi connectivity index (χ1v) is 10.4. The molecule has 0 aromatic heterocycles. The molecule has 1 saturated heterocycles. The SMILES string of the molecule is Cc1ccc(N2OC[C@@H](S(=O)(=O)c3ccccc3)[C@@H]2c2ccccc2)cc1. The molecule has 0 radical (unpaired) electrons. The molecule has 1 fully saturated rings. The van der Waals surface area contributed by atoms with Crippen LogP contribution in [0, 0.1) is 6.92 Å². The molecule has 2 atom stereocenters. The Morgan fingerprint density at radius 3 is 2.07 bits per heavy atom. The Kier molecular flexibility index (Phi) is 4.72. The van der Waals surface area contributed by atoms with Crippen LogP contribution in [0.5, 0.6) is 0 Å². The molecular weight excluding hydrogens is 358 g/mol. The highest BCUT2D eigenvalue weighted by atomic mass is 32.2. The summed E-state index contributed by atoms with van der Waals surface area (Å²) in [5.74, 6) is 0. The zero-order chi connectivity index (χ0) is 18.9. The number of nitrogens with zero attached hydrogens (tertiary/aromatic N) is 1. The van der Waals surface area contributed by atoms with E-state index in [4.69, 9.17) is 4.84 Å². The van der Waals surface area contributed by atoms with Crippen molar-refractivity contribution in [1.29, 1.82) is 0 Å². The summed E-state index contributed by atoms with van der Waals surface area (Å²) in [4.78, 5) is 6.24. The topological polar surface area (TPSA) is 46.6 Å². The standard InChI is InChI=1S/C22H21NO3S/c1-17-12-14-19(15-13-17)23-22(18-8-4-2-5-9-18)21(16-26-23)27(24,25)20-10-6-3-7-11-20/h2-15,21-22H,16H2,1H3/t21-,22+/m1/s1. The fourth-order valence-electron chi connectivity index (χ4n) is 3.45. The van der Waals surface area contributed by atoms with Crippen molar-refractivity contribution in [2.24, 2.45) is 0 Å². The summed E-state index contributed by atoms with van der Waals surface area (Å²) >= 11 is 0. The molecule has 138 valence electrons. The minimum atomic E-state index is -3.55. The maximum absolute atomic E-state index is 13.3. The van der Waals surface area contributed by atoms with Gasteiger partial charge in [-0.3, -0.25) is 4.84 Å². The lowest BCUT2D eigenvalue weighted by atomic mass is 10.0. The summed E-state index contributed by atoms with van der Waals surface area (Å²) in [6.45, 7) is 2.14. The van der Waals surface area contributed by atoms with Gasteiger partial charge in [-0.05, 0) is 36.8 Å². The van der Waals surface area contributed by atoms with Gasteiger partial charge in [0.05, 0.1) is 17.2 Å². The predicted octanol–water partition coefficient (Wildman–Crippen LogP) is 4.33. The van der Waals surface area contributed by atoms with Crippen molar-refractivity contribution >= 4 is 15.5 Å². The summed E-state index contributed by atoms with van der Waals surface area (Å²) in [5, 5.41) is 1.04. The normalized spacial score (nSPS) is 20.0. The van der Waals surface area contributed by atoms with Crippen molar-refractivity contribution in [1.82, 2.24) is 0 Å². The quantitative estimate of drug-likeness (QED) is 0.677. The number of hydroxylamine groups is 1. The Labute approximate surface area is 159 Å². The molecular formula is C22H21NO3S. The highest BCUT2D eigenvalue weighted by molar-refractivity contribution is 7.92. The van der Waals surface area contributed by atoms with Crippen LogP contribution in [-0.2, 0) is 14.7 Å². The van der Waals surface area contributed by atoms with Crippen LogP contribution in [0.2, 0.25) is 0 Å². The Bertz CT molecular complexity index is 1000. The summed E-state index contributed by atoms with van der Waals surface area (Å²) < 4.78 is 26.7. The molecule has 1 aliphatic heterocycles. The summed E-state index contributed by atoms with van der Waals surface area (Å²) in [5.41, 5.74) is 2.91. The fourth-order valence-corrected chi connectivity index (χ4v) is 5.18. The van der Waals surface area contributed by atoms with Gasteiger partial charge < -0.3 is 0 Å². The average Bonchev–Trinajstić information content (AvgIpc) is 3.16. The van der Waals surface area contributed by atoms with Crippen molar-refractivity contribution in [2.75, 3.05) is 11.7 Å². The van der Waals surface area contributed by atoms with Crippen LogP contribution in [-0.4, -0.2) is 20.3 Å². The van der Waals surface area contributed by atoms with Gasteiger partial charge in [-0.15, -0.1) is 0 Å². The zero-order valence-corrected chi connectivity index (χ0v) is 15.8. The minimum Gasteiger partial charge on any atom is -0.271 e. The van der Waals surface area contributed by atoms with Gasteiger partial charge in [-0.25, -0.2) is 13.5 Å². The molecule has 4 rings (SSSR count). The number of aryl methyl sites for hydroxylation is 1. The molecule has 0 unspecified atom stereocenters. The second-order valence-corrected chi connectivity index (χ2v) is 8.88. The first-order valence-electron chi connectivity index (χ1n) is 8.90. The Morgan fingerprint density at radius 2 is 1.44 bits per heavy atom. The number of benzene rings is 3. The van der Waals surface area contributed by atoms with Crippen molar-refractivity contribution in [2.45, 2.75) is 23.1 Å².